The summed E-state index contributed by atoms with van der Waals surface area (Å²) in [5.74, 6) is -0.987. The van der Waals surface area contributed by atoms with E-state index in [2.05, 4.69) is 11.4 Å². The molecule has 5 heteroatoms. The standard InChI is InChI=1S/C20H20N2O3/c1-11-5-6-12(2)16(9-11)13(3)21-18(23)14-7-8-15-17(10-14)20(25)22(4)19(15)24/h5-10,13H,1-4H3,(H,21,23). The molecule has 0 saturated carbocycles. The van der Waals surface area contributed by atoms with Crippen LogP contribution in [0.2, 0.25) is 0 Å². The first kappa shape index (κ1) is 16.9. The van der Waals surface area contributed by atoms with Crippen LogP contribution in [-0.4, -0.2) is 29.7 Å². The number of fused-ring (bicyclic) bond motifs is 1. The fraction of sp³-hybridized carbons (Fsp3) is 0.250. The molecule has 0 aliphatic carbocycles. The van der Waals surface area contributed by atoms with Crippen molar-refractivity contribution in [1.29, 1.82) is 0 Å². The quantitative estimate of drug-likeness (QED) is 0.876. The highest BCUT2D eigenvalue weighted by atomic mass is 16.2. The van der Waals surface area contributed by atoms with Crippen LogP contribution in [0.4, 0.5) is 0 Å². The molecule has 2 aromatic carbocycles. The number of imide groups is 1. The third-order valence-electron chi connectivity index (χ3n) is 4.60. The smallest absolute Gasteiger partial charge is 0.261 e. The Kier molecular flexibility index (Phi) is 4.17. The van der Waals surface area contributed by atoms with Crippen LogP contribution in [0, 0.1) is 13.8 Å². The molecule has 1 unspecified atom stereocenters. The van der Waals surface area contributed by atoms with Gasteiger partial charge in [0.05, 0.1) is 17.2 Å². The van der Waals surface area contributed by atoms with Gasteiger partial charge in [-0.15, -0.1) is 0 Å². The summed E-state index contributed by atoms with van der Waals surface area (Å²) in [4.78, 5) is 37.6. The van der Waals surface area contributed by atoms with Crippen LogP contribution < -0.4 is 5.32 Å². The van der Waals surface area contributed by atoms with E-state index in [0.29, 0.717) is 11.1 Å². The van der Waals surface area contributed by atoms with E-state index < -0.39 is 0 Å². The van der Waals surface area contributed by atoms with E-state index >= 15 is 0 Å². The van der Waals surface area contributed by atoms with Gasteiger partial charge in [-0.1, -0.05) is 23.8 Å². The van der Waals surface area contributed by atoms with Crippen molar-refractivity contribution in [3.63, 3.8) is 0 Å². The molecule has 1 aliphatic heterocycles. The van der Waals surface area contributed by atoms with Gasteiger partial charge in [-0.3, -0.25) is 19.3 Å². The number of carbonyl (C=O) groups excluding carboxylic acids is 3. The minimum absolute atomic E-state index is 0.166. The first-order chi connectivity index (χ1) is 11.8. The normalized spacial score (nSPS) is 14.5. The average Bonchev–Trinajstić information content (AvgIpc) is 2.81. The van der Waals surface area contributed by atoms with E-state index in [4.69, 9.17) is 0 Å². The van der Waals surface area contributed by atoms with Crippen molar-refractivity contribution < 1.29 is 14.4 Å². The van der Waals surface area contributed by atoms with Gasteiger partial charge in [-0.25, -0.2) is 0 Å². The summed E-state index contributed by atoms with van der Waals surface area (Å²) in [6.45, 7) is 5.94. The van der Waals surface area contributed by atoms with E-state index in [1.54, 1.807) is 6.07 Å². The lowest BCUT2D eigenvalue weighted by Crippen LogP contribution is -2.27. The number of carbonyl (C=O) groups is 3. The van der Waals surface area contributed by atoms with Crippen LogP contribution in [0.25, 0.3) is 0 Å². The van der Waals surface area contributed by atoms with Crippen molar-refractivity contribution in [2.75, 3.05) is 7.05 Å². The molecule has 0 aromatic heterocycles. The lowest BCUT2D eigenvalue weighted by atomic mass is 9.99. The summed E-state index contributed by atoms with van der Waals surface area (Å²) < 4.78 is 0. The van der Waals surface area contributed by atoms with Crippen molar-refractivity contribution in [3.05, 3.63) is 69.8 Å². The molecule has 3 rings (SSSR count). The molecule has 0 saturated heterocycles. The van der Waals surface area contributed by atoms with Gasteiger partial charge in [0.25, 0.3) is 17.7 Å². The van der Waals surface area contributed by atoms with Gasteiger partial charge >= 0.3 is 0 Å². The van der Waals surface area contributed by atoms with E-state index in [1.807, 2.05) is 32.9 Å². The lowest BCUT2D eigenvalue weighted by molar-refractivity contribution is 0.0693. The van der Waals surface area contributed by atoms with Crippen LogP contribution in [-0.2, 0) is 0 Å². The molecular weight excluding hydrogens is 316 g/mol. The number of aryl methyl sites for hydroxylation is 2. The fourth-order valence-electron chi connectivity index (χ4n) is 3.09. The van der Waals surface area contributed by atoms with Crippen molar-refractivity contribution in [2.45, 2.75) is 26.8 Å². The molecule has 0 radical (unpaired) electrons. The zero-order chi connectivity index (χ0) is 18.3. The minimum Gasteiger partial charge on any atom is -0.346 e. The van der Waals surface area contributed by atoms with Gasteiger partial charge in [0.1, 0.15) is 0 Å². The number of rotatable bonds is 3. The SMILES string of the molecule is Cc1ccc(C)c(C(C)NC(=O)c2ccc3c(c2)C(=O)N(C)C3=O)c1. The molecule has 3 amide bonds. The van der Waals surface area contributed by atoms with Crippen LogP contribution in [0.15, 0.2) is 36.4 Å². The van der Waals surface area contributed by atoms with E-state index in [0.717, 1.165) is 21.6 Å². The van der Waals surface area contributed by atoms with Crippen LogP contribution in [0.1, 0.15) is 60.7 Å². The number of benzene rings is 2. The Morgan fingerprint density at radius 3 is 2.40 bits per heavy atom. The highest BCUT2D eigenvalue weighted by molar-refractivity contribution is 6.21. The third-order valence-corrected chi connectivity index (χ3v) is 4.60. The zero-order valence-electron chi connectivity index (χ0n) is 14.7. The highest BCUT2D eigenvalue weighted by Gasteiger charge is 2.33. The first-order valence-corrected chi connectivity index (χ1v) is 8.14. The molecule has 1 atom stereocenters. The summed E-state index contributed by atoms with van der Waals surface area (Å²) in [5, 5.41) is 2.96. The zero-order valence-corrected chi connectivity index (χ0v) is 14.7. The summed E-state index contributed by atoms with van der Waals surface area (Å²) in [7, 11) is 1.44. The Hall–Kier alpha value is -2.95. The Balaban J connectivity index is 1.84. The Morgan fingerprint density at radius 2 is 1.68 bits per heavy atom. The lowest BCUT2D eigenvalue weighted by Gasteiger charge is -2.17. The van der Waals surface area contributed by atoms with Crippen LogP contribution >= 0.6 is 0 Å². The Labute approximate surface area is 146 Å². The predicted molar refractivity (Wildman–Crippen MR) is 94.7 cm³/mol. The van der Waals surface area contributed by atoms with Gasteiger partial charge in [0.2, 0.25) is 0 Å². The number of nitrogens with zero attached hydrogens (tertiary/aromatic N) is 1. The van der Waals surface area contributed by atoms with E-state index in [9.17, 15) is 14.4 Å². The topological polar surface area (TPSA) is 66.5 Å². The van der Waals surface area contributed by atoms with Crippen LogP contribution in [0.3, 0.4) is 0 Å². The van der Waals surface area contributed by atoms with Crippen molar-refractivity contribution >= 4 is 17.7 Å². The maximum absolute atomic E-state index is 12.6. The largest absolute Gasteiger partial charge is 0.346 e. The minimum atomic E-state index is -0.378. The van der Waals surface area contributed by atoms with Gasteiger partial charge in [-0.05, 0) is 50.1 Å². The highest BCUT2D eigenvalue weighted by Crippen LogP contribution is 2.24. The Morgan fingerprint density at radius 1 is 1.00 bits per heavy atom. The van der Waals surface area contributed by atoms with Gasteiger partial charge in [0.15, 0.2) is 0 Å². The van der Waals surface area contributed by atoms with Gasteiger partial charge in [0, 0.05) is 12.6 Å². The number of nitrogens with one attached hydrogen (secondary N) is 1. The molecule has 1 aliphatic rings. The van der Waals surface area contributed by atoms with Crippen molar-refractivity contribution in [3.8, 4) is 0 Å². The van der Waals surface area contributed by atoms with E-state index in [1.165, 1.54) is 19.2 Å². The molecule has 5 nitrogen and oxygen atoms in total. The molecule has 2 aromatic rings. The third kappa shape index (κ3) is 2.93. The number of amides is 3. The number of hydrogen-bond donors (Lipinski definition) is 1. The monoisotopic (exact) mass is 336 g/mol. The summed E-state index contributed by atoms with van der Waals surface area (Å²) in [6.07, 6.45) is 0. The van der Waals surface area contributed by atoms with Crippen molar-refractivity contribution in [2.24, 2.45) is 0 Å². The van der Waals surface area contributed by atoms with Crippen molar-refractivity contribution in [1.82, 2.24) is 10.2 Å². The summed E-state index contributed by atoms with van der Waals surface area (Å²) in [6, 6.07) is 10.6. The first-order valence-electron chi connectivity index (χ1n) is 8.14. The second kappa shape index (κ2) is 6.16. The molecular formula is C20H20N2O3. The molecule has 1 N–H and O–H groups in total. The van der Waals surface area contributed by atoms with E-state index in [-0.39, 0.29) is 29.3 Å². The second-order valence-electron chi connectivity index (χ2n) is 6.48. The summed E-state index contributed by atoms with van der Waals surface area (Å²) in [5.41, 5.74) is 4.28. The fourth-order valence-corrected chi connectivity index (χ4v) is 3.09. The van der Waals surface area contributed by atoms with Gasteiger partial charge < -0.3 is 5.32 Å². The van der Waals surface area contributed by atoms with Gasteiger partial charge in [-0.2, -0.15) is 0 Å². The van der Waals surface area contributed by atoms with Crippen LogP contribution in [0.5, 0.6) is 0 Å². The molecule has 0 bridgehead atoms. The average molecular weight is 336 g/mol. The molecule has 25 heavy (non-hydrogen) atoms. The second-order valence-corrected chi connectivity index (χ2v) is 6.48. The maximum atomic E-state index is 12.6. The number of hydrogen-bond acceptors (Lipinski definition) is 3. The summed E-state index contributed by atoms with van der Waals surface area (Å²) >= 11 is 0. The molecule has 0 spiro atoms. The Bertz CT molecular complexity index is 902. The molecule has 128 valence electrons. The maximum Gasteiger partial charge on any atom is 0.261 e. The molecule has 1 heterocycles. The predicted octanol–water partition coefficient (Wildman–Crippen LogP) is 3.02. The molecule has 0 fully saturated rings.